The summed E-state index contributed by atoms with van der Waals surface area (Å²) in [6, 6.07) is 16.0. The molecule has 0 spiro atoms. The highest BCUT2D eigenvalue weighted by atomic mass is 16.5. The SMILES string of the molecule is c1ccc(CNCCOc2ccccn2)cc1. The van der Waals surface area contributed by atoms with Gasteiger partial charge in [-0.15, -0.1) is 0 Å². The molecule has 0 saturated heterocycles. The lowest BCUT2D eigenvalue weighted by Crippen LogP contribution is -2.20. The summed E-state index contributed by atoms with van der Waals surface area (Å²) < 4.78 is 5.47. The van der Waals surface area contributed by atoms with Gasteiger partial charge in [0.25, 0.3) is 0 Å². The van der Waals surface area contributed by atoms with E-state index in [4.69, 9.17) is 4.74 Å². The number of rotatable bonds is 6. The molecule has 0 amide bonds. The summed E-state index contributed by atoms with van der Waals surface area (Å²) in [5, 5.41) is 3.32. The van der Waals surface area contributed by atoms with Crippen molar-refractivity contribution in [1.29, 1.82) is 0 Å². The van der Waals surface area contributed by atoms with Crippen LogP contribution in [0.5, 0.6) is 5.88 Å². The number of hydrogen-bond acceptors (Lipinski definition) is 3. The third kappa shape index (κ3) is 4.25. The average Bonchev–Trinajstić information content (AvgIpc) is 2.41. The fourth-order valence-corrected chi connectivity index (χ4v) is 1.49. The van der Waals surface area contributed by atoms with Crippen molar-refractivity contribution in [2.75, 3.05) is 13.2 Å². The summed E-state index contributed by atoms with van der Waals surface area (Å²) in [6.45, 7) is 2.31. The molecule has 0 aliphatic rings. The normalized spacial score (nSPS) is 10.1. The van der Waals surface area contributed by atoms with Gasteiger partial charge in [-0.25, -0.2) is 4.98 Å². The molecule has 3 nitrogen and oxygen atoms in total. The quantitative estimate of drug-likeness (QED) is 0.770. The average molecular weight is 228 g/mol. The van der Waals surface area contributed by atoms with Gasteiger partial charge in [-0.3, -0.25) is 0 Å². The number of hydrogen-bond donors (Lipinski definition) is 1. The molecule has 1 aromatic heterocycles. The molecule has 2 rings (SSSR count). The van der Waals surface area contributed by atoms with E-state index < -0.39 is 0 Å². The number of nitrogens with one attached hydrogen (secondary N) is 1. The number of pyridine rings is 1. The zero-order valence-corrected chi connectivity index (χ0v) is 9.67. The van der Waals surface area contributed by atoms with Crippen LogP contribution >= 0.6 is 0 Å². The molecule has 0 aliphatic heterocycles. The van der Waals surface area contributed by atoms with Crippen molar-refractivity contribution in [3.8, 4) is 5.88 Å². The zero-order valence-electron chi connectivity index (χ0n) is 9.67. The molecule has 0 aliphatic carbocycles. The first-order chi connectivity index (χ1) is 8.45. The molecule has 0 bridgehead atoms. The summed E-state index contributed by atoms with van der Waals surface area (Å²) in [5.74, 6) is 0.675. The first-order valence-electron chi connectivity index (χ1n) is 5.73. The Morgan fingerprint density at radius 2 is 1.82 bits per heavy atom. The van der Waals surface area contributed by atoms with Crippen LogP contribution in [0.3, 0.4) is 0 Å². The monoisotopic (exact) mass is 228 g/mol. The van der Waals surface area contributed by atoms with Crippen LogP contribution < -0.4 is 10.1 Å². The van der Waals surface area contributed by atoms with Crippen LogP contribution in [-0.2, 0) is 6.54 Å². The zero-order chi connectivity index (χ0) is 11.8. The van der Waals surface area contributed by atoms with Crippen LogP contribution in [0.25, 0.3) is 0 Å². The van der Waals surface area contributed by atoms with Crippen molar-refractivity contribution < 1.29 is 4.74 Å². The Kier molecular flexibility index (Phi) is 4.55. The Bertz CT molecular complexity index is 375. The maximum Gasteiger partial charge on any atom is 0.213 e. The molecule has 0 saturated carbocycles. The maximum absolute atomic E-state index is 5.47. The van der Waals surface area contributed by atoms with E-state index in [9.17, 15) is 0 Å². The highest BCUT2D eigenvalue weighted by Gasteiger charge is 1.93. The number of aromatic nitrogens is 1. The van der Waals surface area contributed by atoms with Crippen LogP contribution in [-0.4, -0.2) is 18.1 Å². The van der Waals surface area contributed by atoms with Crippen LogP contribution in [0.2, 0.25) is 0 Å². The summed E-state index contributed by atoms with van der Waals surface area (Å²) >= 11 is 0. The predicted octanol–water partition coefficient (Wildman–Crippen LogP) is 2.25. The van der Waals surface area contributed by atoms with E-state index in [0.29, 0.717) is 12.5 Å². The second-order valence-electron chi connectivity index (χ2n) is 3.68. The fourth-order valence-electron chi connectivity index (χ4n) is 1.49. The summed E-state index contributed by atoms with van der Waals surface area (Å²) in [6.07, 6.45) is 1.73. The molecular formula is C14H16N2O. The van der Waals surface area contributed by atoms with Crippen molar-refractivity contribution in [2.45, 2.75) is 6.54 Å². The highest BCUT2D eigenvalue weighted by molar-refractivity contribution is 5.14. The smallest absolute Gasteiger partial charge is 0.213 e. The molecule has 88 valence electrons. The standard InChI is InChI=1S/C14H16N2O/c1-2-6-13(7-3-1)12-15-10-11-17-14-8-4-5-9-16-14/h1-9,15H,10-12H2. The molecule has 0 fully saturated rings. The van der Waals surface area contributed by atoms with Crippen molar-refractivity contribution in [3.05, 3.63) is 60.3 Å². The molecule has 0 atom stereocenters. The minimum absolute atomic E-state index is 0.629. The van der Waals surface area contributed by atoms with Crippen molar-refractivity contribution in [2.24, 2.45) is 0 Å². The van der Waals surface area contributed by atoms with Crippen molar-refractivity contribution >= 4 is 0 Å². The molecule has 0 radical (unpaired) electrons. The lowest BCUT2D eigenvalue weighted by atomic mass is 10.2. The van der Waals surface area contributed by atoms with Gasteiger partial charge in [0.2, 0.25) is 5.88 Å². The molecule has 0 unspecified atom stereocenters. The topological polar surface area (TPSA) is 34.1 Å². The van der Waals surface area contributed by atoms with E-state index in [0.717, 1.165) is 13.1 Å². The minimum Gasteiger partial charge on any atom is -0.476 e. The van der Waals surface area contributed by atoms with E-state index in [2.05, 4.69) is 22.4 Å². The van der Waals surface area contributed by atoms with E-state index in [1.54, 1.807) is 6.20 Å². The second-order valence-corrected chi connectivity index (χ2v) is 3.68. The first kappa shape index (κ1) is 11.6. The van der Waals surface area contributed by atoms with Gasteiger partial charge < -0.3 is 10.1 Å². The maximum atomic E-state index is 5.47. The van der Waals surface area contributed by atoms with Gasteiger partial charge in [-0.1, -0.05) is 36.4 Å². The summed E-state index contributed by atoms with van der Waals surface area (Å²) in [4.78, 5) is 4.08. The van der Waals surface area contributed by atoms with Crippen LogP contribution in [0.4, 0.5) is 0 Å². The Labute approximate surface area is 101 Å². The van der Waals surface area contributed by atoms with Gasteiger partial charge in [-0.05, 0) is 11.6 Å². The lowest BCUT2D eigenvalue weighted by Gasteiger charge is -2.06. The molecule has 17 heavy (non-hydrogen) atoms. The Hall–Kier alpha value is -1.87. The minimum atomic E-state index is 0.629. The Morgan fingerprint density at radius 3 is 2.59 bits per heavy atom. The van der Waals surface area contributed by atoms with Crippen LogP contribution in [0.15, 0.2) is 54.7 Å². The molecule has 1 heterocycles. The summed E-state index contributed by atoms with van der Waals surface area (Å²) in [7, 11) is 0. The molecule has 1 N–H and O–H groups in total. The number of benzene rings is 1. The van der Waals surface area contributed by atoms with E-state index in [-0.39, 0.29) is 0 Å². The molecule has 2 aromatic rings. The summed E-state index contributed by atoms with van der Waals surface area (Å²) in [5.41, 5.74) is 1.28. The third-order valence-electron chi connectivity index (χ3n) is 2.34. The molecule has 3 heteroatoms. The predicted molar refractivity (Wildman–Crippen MR) is 67.9 cm³/mol. The van der Waals surface area contributed by atoms with Gasteiger partial charge >= 0.3 is 0 Å². The van der Waals surface area contributed by atoms with Gasteiger partial charge in [0, 0.05) is 25.4 Å². The Morgan fingerprint density at radius 1 is 1.00 bits per heavy atom. The molecule has 1 aromatic carbocycles. The second kappa shape index (κ2) is 6.66. The van der Waals surface area contributed by atoms with Gasteiger partial charge in [0.15, 0.2) is 0 Å². The van der Waals surface area contributed by atoms with Crippen LogP contribution in [0, 0.1) is 0 Å². The largest absolute Gasteiger partial charge is 0.476 e. The lowest BCUT2D eigenvalue weighted by molar-refractivity contribution is 0.302. The fraction of sp³-hybridized carbons (Fsp3) is 0.214. The molecular weight excluding hydrogens is 212 g/mol. The van der Waals surface area contributed by atoms with E-state index in [1.807, 2.05) is 36.4 Å². The number of nitrogens with zero attached hydrogens (tertiary/aromatic N) is 1. The van der Waals surface area contributed by atoms with Gasteiger partial charge in [0.1, 0.15) is 6.61 Å². The van der Waals surface area contributed by atoms with E-state index in [1.165, 1.54) is 5.56 Å². The van der Waals surface area contributed by atoms with E-state index >= 15 is 0 Å². The van der Waals surface area contributed by atoms with Crippen molar-refractivity contribution in [1.82, 2.24) is 10.3 Å². The number of ether oxygens (including phenoxy) is 1. The van der Waals surface area contributed by atoms with Crippen LogP contribution in [0.1, 0.15) is 5.56 Å². The first-order valence-corrected chi connectivity index (χ1v) is 5.73. The highest BCUT2D eigenvalue weighted by Crippen LogP contribution is 2.02. The Balaban J connectivity index is 1.61. The van der Waals surface area contributed by atoms with Gasteiger partial charge in [0.05, 0.1) is 0 Å². The third-order valence-corrected chi connectivity index (χ3v) is 2.34. The van der Waals surface area contributed by atoms with Gasteiger partial charge in [-0.2, -0.15) is 0 Å². The van der Waals surface area contributed by atoms with Crippen molar-refractivity contribution in [3.63, 3.8) is 0 Å².